The van der Waals surface area contributed by atoms with Gasteiger partial charge in [0.25, 0.3) is 0 Å². The zero-order valence-corrected chi connectivity index (χ0v) is 22.7. The number of amides is 3. The van der Waals surface area contributed by atoms with Crippen molar-refractivity contribution in [1.82, 2.24) is 16.0 Å². The smallest absolute Gasteiger partial charge is 0.326 e. The number of carbonyl (C=O) groups is 5. The van der Waals surface area contributed by atoms with Crippen LogP contribution >= 0.6 is 11.8 Å². The molecule has 40 heavy (non-hydrogen) atoms. The minimum atomic E-state index is -1.63. The van der Waals surface area contributed by atoms with Crippen molar-refractivity contribution >= 4 is 41.4 Å². The van der Waals surface area contributed by atoms with Crippen molar-refractivity contribution in [1.29, 1.82) is 0 Å². The molecule has 0 aromatic heterocycles. The molecule has 0 aliphatic carbocycles. The van der Waals surface area contributed by atoms with E-state index in [-0.39, 0.29) is 18.6 Å². The average Bonchev–Trinajstić information content (AvgIpc) is 2.91. The van der Waals surface area contributed by atoms with Crippen LogP contribution in [0.2, 0.25) is 0 Å². The van der Waals surface area contributed by atoms with Gasteiger partial charge in [-0.25, -0.2) is 4.79 Å². The highest BCUT2D eigenvalue weighted by Crippen LogP contribution is 2.12. The van der Waals surface area contributed by atoms with Gasteiger partial charge >= 0.3 is 11.9 Å². The summed E-state index contributed by atoms with van der Waals surface area (Å²) in [5, 5.41) is 35.7. The summed E-state index contributed by atoms with van der Waals surface area (Å²) in [4.78, 5) is 62.3. The number of carbonyl (C=O) groups excluding carboxylic acids is 3. The molecule has 0 fully saturated rings. The SMILES string of the molecule is CSCCC(N)C(=O)NC(Cc1ccc(O)cc1)C(=O)NC(CC(=O)O)C(=O)NC(Cc1ccccc1)C(=O)O. The molecule has 3 amide bonds. The topological polar surface area (TPSA) is 208 Å². The Bertz CT molecular complexity index is 1160. The van der Waals surface area contributed by atoms with E-state index in [0.29, 0.717) is 23.3 Å². The first-order valence-corrected chi connectivity index (χ1v) is 13.8. The Kier molecular flexibility index (Phi) is 12.9. The molecule has 2 rings (SSSR count). The van der Waals surface area contributed by atoms with Gasteiger partial charge in [0.05, 0.1) is 12.5 Å². The van der Waals surface area contributed by atoms with Gasteiger partial charge < -0.3 is 37.0 Å². The summed E-state index contributed by atoms with van der Waals surface area (Å²) < 4.78 is 0. The minimum absolute atomic E-state index is 0.00504. The highest BCUT2D eigenvalue weighted by atomic mass is 32.2. The Morgan fingerprint density at radius 2 is 1.30 bits per heavy atom. The number of phenolic OH excluding ortho intramolecular Hbond substituents is 1. The van der Waals surface area contributed by atoms with E-state index in [0.717, 1.165) is 0 Å². The predicted molar refractivity (Wildman–Crippen MR) is 149 cm³/mol. The van der Waals surface area contributed by atoms with Crippen LogP contribution in [0.1, 0.15) is 24.0 Å². The third-order valence-electron chi connectivity index (χ3n) is 5.89. The van der Waals surface area contributed by atoms with Crippen molar-refractivity contribution in [3.8, 4) is 5.75 Å². The van der Waals surface area contributed by atoms with E-state index in [9.17, 15) is 39.3 Å². The molecule has 0 saturated heterocycles. The van der Waals surface area contributed by atoms with E-state index in [1.54, 1.807) is 30.3 Å². The second-order valence-corrected chi connectivity index (χ2v) is 10.1. The van der Waals surface area contributed by atoms with Crippen LogP contribution in [-0.2, 0) is 36.8 Å². The first-order valence-electron chi connectivity index (χ1n) is 12.4. The highest BCUT2D eigenvalue weighted by Gasteiger charge is 2.32. The molecule has 0 saturated carbocycles. The van der Waals surface area contributed by atoms with Crippen molar-refractivity contribution in [3.05, 3.63) is 65.7 Å². The van der Waals surface area contributed by atoms with Crippen LogP contribution in [0.4, 0.5) is 0 Å². The molecule has 13 heteroatoms. The minimum Gasteiger partial charge on any atom is -0.508 e. The molecule has 0 aliphatic rings. The molecule has 216 valence electrons. The Balaban J connectivity index is 2.22. The molecule has 0 heterocycles. The third kappa shape index (κ3) is 10.9. The molecule has 2 aromatic carbocycles. The van der Waals surface area contributed by atoms with Gasteiger partial charge in [0.1, 0.15) is 23.9 Å². The molecule has 8 N–H and O–H groups in total. The largest absolute Gasteiger partial charge is 0.508 e. The maximum atomic E-state index is 13.3. The summed E-state index contributed by atoms with van der Waals surface area (Å²) in [5.41, 5.74) is 7.13. The summed E-state index contributed by atoms with van der Waals surface area (Å²) >= 11 is 1.50. The van der Waals surface area contributed by atoms with Crippen LogP contribution in [0.15, 0.2) is 54.6 Å². The number of nitrogens with two attached hydrogens (primary N) is 1. The Morgan fingerprint density at radius 3 is 1.88 bits per heavy atom. The number of thioether (sulfide) groups is 1. The van der Waals surface area contributed by atoms with Gasteiger partial charge in [0.2, 0.25) is 17.7 Å². The van der Waals surface area contributed by atoms with Gasteiger partial charge in [-0.05, 0) is 41.7 Å². The van der Waals surface area contributed by atoms with Gasteiger partial charge in [0, 0.05) is 12.8 Å². The molecule has 0 aliphatic heterocycles. The molecule has 12 nitrogen and oxygen atoms in total. The Labute approximate surface area is 235 Å². The number of phenols is 1. The fourth-order valence-electron chi connectivity index (χ4n) is 3.71. The van der Waals surface area contributed by atoms with Gasteiger partial charge in [-0.3, -0.25) is 19.2 Å². The lowest BCUT2D eigenvalue weighted by molar-refractivity contribution is -0.143. The molecular weight excluding hydrogens is 540 g/mol. The predicted octanol–water partition coefficient (Wildman–Crippen LogP) is 0.272. The third-order valence-corrected chi connectivity index (χ3v) is 6.53. The van der Waals surface area contributed by atoms with E-state index in [1.165, 1.54) is 36.0 Å². The van der Waals surface area contributed by atoms with Crippen LogP contribution < -0.4 is 21.7 Å². The van der Waals surface area contributed by atoms with Crippen LogP contribution in [0.25, 0.3) is 0 Å². The first-order chi connectivity index (χ1) is 19.0. The lowest BCUT2D eigenvalue weighted by Crippen LogP contribution is -2.58. The molecule has 2 aromatic rings. The summed E-state index contributed by atoms with van der Waals surface area (Å²) in [6.07, 6.45) is 1.25. The standard InChI is InChI=1S/C27H34N4O8S/c1-40-12-11-19(28)24(35)29-20(13-17-7-9-18(32)10-8-17)25(36)30-21(15-23(33)34)26(37)31-22(27(38)39)14-16-5-3-2-4-6-16/h2-10,19-22,32H,11-15,28H2,1H3,(H,29,35)(H,30,36)(H,31,37)(H,33,34)(H,38,39). The zero-order chi connectivity index (χ0) is 29.7. The first kappa shape index (κ1) is 32.1. The lowest BCUT2D eigenvalue weighted by Gasteiger charge is -2.25. The maximum Gasteiger partial charge on any atom is 0.326 e. The van der Waals surface area contributed by atoms with E-state index < -0.39 is 60.2 Å². The zero-order valence-electron chi connectivity index (χ0n) is 21.9. The second-order valence-electron chi connectivity index (χ2n) is 9.07. The number of aromatic hydroxyl groups is 1. The van der Waals surface area contributed by atoms with Crippen molar-refractivity contribution in [2.24, 2.45) is 5.73 Å². The van der Waals surface area contributed by atoms with Gasteiger partial charge in [0.15, 0.2) is 0 Å². The van der Waals surface area contributed by atoms with E-state index in [1.807, 2.05) is 6.26 Å². The Hall–Kier alpha value is -4.10. The summed E-state index contributed by atoms with van der Waals surface area (Å²) in [7, 11) is 0. The number of rotatable bonds is 16. The van der Waals surface area contributed by atoms with Crippen LogP contribution in [0, 0.1) is 0 Å². The van der Waals surface area contributed by atoms with Crippen LogP contribution in [0.5, 0.6) is 5.75 Å². The van der Waals surface area contributed by atoms with E-state index in [2.05, 4.69) is 16.0 Å². The quantitative estimate of drug-likeness (QED) is 0.146. The van der Waals surface area contributed by atoms with Gasteiger partial charge in [-0.1, -0.05) is 42.5 Å². The van der Waals surface area contributed by atoms with Gasteiger partial charge in [-0.15, -0.1) is 0 Å². The summed E-state index contributed by atoms with van der Waals surface area (Å²) in [5.74, 6) is -4.63. The Morgan fingerprint density at radius 1 is 0.775 bits per heavy atom. The normalized spacial score (nSPS) is 13.8. The molecule has 4 unspecified atom stereocenters. The fraction of sp³-hybridized carbons (Fsp3) is 0.370. The van der Waals surface area contributed by atoms with Crippen molar-refractivity contribution in [2.75, 3.05) is 12.0 Å². The summed E-state index contributed by atoms with van der Waals surface area (Å²) in [6, 6.07) is 9.23. The van der Waals surface area contributed by atoms with Crippen molar-refractivity contribution in [2.45, 2.75) is 49.9 Å². The highest BCUT2D eigenvalue weighted by molar-refractivity contribution is 7.98. The average molecular weight is 575 g/mol. The molecule has 4 atom stereocenters. The fourth-order valence-corrected chi connectivity index (χ4v) is 4.20. The second kappa shape index (κ2) is 16.1. The van der Waals surface area contributed by atoms with E-state index >= 15 is 0 Å². The van der Waals surface area contributed by atoms with Crippen molar-refractivity contribution < 1.29 is 39.3 Å². The number of carboxylic acids is 2. The molecule has 0 bridgehead atoms. The number of carboxylic acid groups (broad SMARTS) is 2. The lowest BCUT2D eigenvalue weighted by atomic mass is 10.0. The van der Waals surface area contributed by atoms with E-state index in [4.69, 9.17) is 5.73 Å². The van der Waals surface area contributed by atoms with Crippen LogP contribution in [0.3, 0.4) is 0 Å². The number of benzene rings is 2. The van der Waals surface area contributed by atoms with Gasteiger partial charge in [-0.2, -0.15) is 11.8 Å². The number of aliphatic carboxylic acids is 2. The monoisotopic (exact) mass is 574 g/mol. The maximum absolute atomic E-state index is 13.3. The number of nitrogens with one attached hydrogen (secondary N) is 3. The van der Waals surface area contributed by atoms with Crippen molar-refractivity contribution in [3.63, 3.8) is 0 Å². The molecular formula is C27H34N4O8S. The van der Waals surface area contributed by atoms with Crippen LogP contribution in [-0.4, -0.2) is 81.2 Å². The number of hydrogen-bond donors (Lipinski definition) is 7. The summed E-state index contributed by atoms with van der Waals surface area (Å²) in [6.45, 7) is 0. The number of hydrogen-bond acceptors (Lipinski definition) is 8. The molecule has 0 radical (unpaired) electrons. The molecule has 0 spiro atoms.